The molecule has 0 saturated carbocycles. The Hall–Kier alpha value is -4.33. The van der Waals surface area contributed by atoms with Crippen LogP contribution in [0.25, 0.3) is 11.4 Å². The number of ether oxygens (including phenoxy) is 2. The number of carbonyl (C=O) groups is 2. The second kappa shape index (κ2) is 16.7. The molecule has 0 unspecified atom stereocenters. The second-order valence-corrected chi connectivity index (χ2v) is 10.9. The predicted molar refractivity (Wildman–Crippen MR) is 177 cm³/mol. The highest BCUT2D eigenvalue weighted by molar-refractivity contribution is 6.00. The summed E-state index contributed by atoms with van der Waals surface area (Å²) in [5.41, 5.74) is 8.50. The molecule has 0 bridgehead atoms. The SMILES string of the molecule is CCOCC.CN(C)C1CCN(C(=O)c2ccc(NC(=O)Nc3ccc(-c4nc(N)nc(N5CCOCC5)n4)cc3)cc2)CC1. The van der Waals surface area contributed by atoms with Crippen molar-refractivity contribution >= 4 is 35.2 Å². The summed E-state index contributed by atoms with van der Waals surface area (Å²) in [6.07, 6.45) is 1.94. The number of amides is 3. The van der Waals surface area contributed by atoms with Crippen molar-refractivity contribution in [2.24, 2.45) is 0 Å². The van der Waals surface area contributed by atoms with E-state index in [9.17, 15) is 9.59 Å². The lowest BCUT2D eigenvalue weighted by molar-refractivity contribution is 0.0663. The number of anilines is 4. The first-order chi connectivity index (χ1) is 21.8. The van der Waals surface area contributed by atoms with Gasteiger partial charge in [-0.1, -0.05) is 0 Å². The molecule has 3 amide bonds. The van der Waals surface area contributed by atoms with Gasteiger partial charge in [-0.3, -0.25) is 4.79 Å². The Balaban J connectivity index is 0.000000854. The molecule has 4 N–H and O–H groups in total. The van der Waals surface area contributed by atoms with Gasteiger partial charge in [-0.2, -0.15) is 15.0 Å². The van der Waals surface area contributed by atoms with Crippen LogP contribution in [-0.4, -0.2) is 109 Å². The summed E-state index contributed by atoms with van der Waals surface area (Å²) in [4.78, 5) is 44.7. The molecule has 2 aromatic carbocycles. The van der Waals surface area contributed by atoms with Crippen molar-refractivity contribution in [3.63, 3.8) is 0 Å². The number of rotatable bonds is 8. The highest BCUT2D eigenvalue weighted by Gasteiger charge is 2.24. The van der Waals surface area contributed by atoms with Crippen LogP contribution < -0.4 is 21.3 Å². The van der Waals surface area contributed by atoms with Crippen LogP contribution in [0, 0.1) is 0 Å². The summed E-state index contributed by atoms with van der Waals surface area (Å²) < 4.78 is 10.2. The fourth-order valence-corrected chi connectivity index (χ4v) is 5.08. The monoisotopic (exact) mass is 619 g/mol. The lowest BCUT2D eigenvalue weighted by atomic mass is 10.0. The number of nitrogens with zero attached hydrogens (tertiary/aromatic N) is 6. The average Bonchev–Trinajstić information content (AvgIpc) is 3.06. The fraction of sp³-hybridized carbons (Fsp3) is 0.469. The summed E-state index contributed by atoms with van der Waals surface area (Å²) in [6, 6.07) is 14.3. The van der Waals surface area contributed by atoms with Gasteiger partial charge in [0.05, 0.1) is 13.2 Å². The number of hydrogen-bond acceptors (Lipinski definition) is 10. The Morgan fingerprint density at radius 3 is 2.00 bits per heavy atom. The minimum Gasteiger partial charge on any atom is -0.382 e. The van der Waals surface area contributed by atoms with Gasteiger partial charge in [0.25, 0.3) is 5.91 Å². The van der Waals surface area contributed by atoms with E-state index in [0.29, 0.717) is 61.1 Å². The van der Waals surface area contributed by atoms with Crippen LogP contribution in [0.1, 0.15) is 37.0 Å². The van der Waals surface area contributed by atoms with Gasteiger partial charge in [0.15, 0.2) is 5.82 Å². The number of piperidine rings is 1. The number of hydrogen-bond donors (Lipinski definition) is 3. The van der Waals surface area contributed by atoms with Crippen molar-refractivity contribution < 1.29 is 19.1 Å². The molecular weight excluding hydrogens is 574 g/mol. The van der Waals surface area contributed by atoms with Crippen molar-refractivity contribution in [3.05, 3.63) is 54.1 Å². The highest BCUT2D eigenvalue weighted by atomic mass is 16.5. The molecule has 0 spiro atoms. The van der Waals surface area contributed by atoms with Crippen LogP contribution in [0.15, 0.2) is 48.5 Å². The highest BCUT2D eigenvalue weighted by Crippen LogP contribution is 2.22. The number of nitrogens with one attached hydrogen (secondary N) is 2. The number of benzene rings is 2. The van der Waals surface area contributed by atoms with Gasteiger partial charge in [0.2, 0.25) is 11.9 Å². The molecule has 2 saturated heterocycles. The number of carbonyl (C=O) groups excluding carboxylic acids is 2. The van der Waals surface area contributed by atoms with Crippen molar-refractivity contribution in [3.8, 4) is 11.4 Å². The van der Waals surface area contributed by atoms with Crippen LogP contribution in [0.5, 0.6) is 0 Å². The maximum atomic E-state index is 12.9. The molecule has 1 aromatic heterocycles. The third-order valence-electron chi connectivity index (χ3n) is 7.62. The first-order valence-corrected chi connectivity index (χ1v) is 15.4. The molecule has 0 aliphatic carbocycles. The number of nitrogens with two attached hydrogens (primary N) is 1. The van der Waals surface area contributed by atoms with Gasteiger partial charge in [0.1, 0.15) is 0 Å². The molecule has 2 aliphatic rings. The number of urea groups is 1. The molecule has 2 aliphatic heterocycles. The summed E-state index contributed by atoms with van der Waals surface area (Å²) >= 11 is 0. The molecule has 13 heteroatoms. The zero-order valence-electron chi connectivity index (χ0n) is 26.7. The van der Waals surface area contributed by atoms with Crippen LogP contribution in [0.2, 0.25) is 0 Å². The zero-order chi connectivity index (χ0) is 32.2. The molecule has 242 valence electrons. The third kappa shape index (κ3) is 9.83. The smallest absolute Gasteiger partial charge is 0.323 e. The quantitative estimate of drug-likeness (QED) is 0.340. The van der Waals surface area contributed by atoms with Crippen molar-refractivity contribution in [1.29, 1.82) is 0 Å². The topological polar surface area (TPSA) is 151 Å². The maximum Gasteiger partial charge on any atom is 0.323 e. The van der Waals surface area contributed by atoms with Gasteiger partial charge < -0.3 is 40.5 Å². The minimum absolute atomic E-state index is 0.0188. The number of aromatic nitrogens is 3. The second-order valence-electron chi connectivity index (χ2n) is 10.9. The standard InChI is InChI=1S/C28H35N9O3.C4H10O/c1-35(2)23-11-13-36(14-12-23)25(38)20-5-9-22(10-6-20)31-28(39)30-21-7-3-19(4-8-21)24-32-26(29)34-27(33-24)37-15-17-40-18-16-37;1-3-5-4-2/h3-10,23H,11-18H2,1-2H3,(H2,30,31,39)(H2,29,32,33,34);3-4H2,1-2H3. The molecular formula is C32H45N9O4. The Labute approximate surface area is 265 Å². The van der Waals surface area contributed by atoms with E-state index < -0.39 is 6.03 Å². The Morgan fingerprint density at radius 2 is 1.47 bits per heavy atom. The van der Waals surface area contributed by atoms with Gasteiger partial charge in [-0.15, -0.1) is 0 Å². The van der Waals surface area contributed by atoms with Crippen LogP contribution >= 0.6 is 0 Å². The maximum absolute atomic E-state index is 12.9. The van der Waals surface area contributed by atoms with E-state index in [1.54, 1.807) is 36.4 Å². The molecule has 0 radical (unpaired) electrons. The molecule has 45 heavy (non-hydrogen) atoms. The summed E-state index contributed by atoms with van der Waals surface area (Å²) in [5.74, 6) is 1.15. The summed E-state index contributed by atoms with van der Waals surface area (Å²) in [6.45, 7) is 9.77. The van der Waals surface area contributed by atoms with Crippen LogP contribution in [0.4, 0.5) is 28.1 Å². The minimum atomic E-state index is -0.392. The Bertz CT molecular complexity index is 1370. The Kier molecular flexibility index (Phi) is 12.4. The van der Waals surface area contributed by atoms with Gasteiger partial charge in [0, 0.05) is 67.9 Å². The van der Waals surface area contributed by atoms with E-state index in [4.69, 9.17) is 15.2 Å². The van der Waals surface area contributed by atoms with Gasteiger partial charge >= 0.3 is 6.03 Å². The van der Waals surface area contributed by atoms with E-state index in [2.05, 4.69) is 44.6 Å². The first kappa shape index (κ1) is 33.6. The molecule has 2 fully saturated rings. The normalized spacial score (nSPS) is 15.3. The molecule has 3 aromatic rings. The number of morpholine rings is 1. The summed E-state index contributed by atoms with van der Waals surface area (Å²) in [5, 5.41) is 5.62. The third-order valence-corrected chi connectivity index (χ3v) is 7.62. The van der Waals surface area contributed by atoms with Crippen LogP contribution in [-0.2, 0) is 9.47 Å². The van der Waals surface area contributed by atoms with Gasteiger partial charge in [-0.05, 0) is 89.3 Å². The fourth-order valence-electron chi connectivity index (χ4n) is 5.08. The lowest BCUT2D eigenvalue weighted by Crippen LogP contribution is -2.44. The van der Waals surface area contributed by atoms with Crippen molar-refractivity contribution in [2.45, 2.75) is 32.7 Å². The van der Waals surface area contributed by atoms with Crippen molar-refractivity contribution in [2.75, 3.05) is 88.0 Å². The lowest BCUT2D eigenvalue weighted by Gasteiger charge is -2.35. The molecule has 3 heterocycles. The van der Waals surface area contributed by atoms with Gasteiger partial charge in [-0.25, -0.2) is 4.79 Å². The molecule has 13 nitrogen and oxygen atoms in total. The zero-order valence-corrected chi connectivity index (χ0v) is 26.7. The number of likely N-dealkylation sites (tertiary alicyclic amines) is 1. The van der Waals surface area contributed by atoms with Crippen LogP contribution in [0.3, 0.4) is 0 Å². The average molecular weight is 620 g/mol. The molecule has 0 atom stereocenters. The largest absolute Gasteiger partial charge is 0.382 e. The first-order valence-electron chi connectivity index (χ1n) is 15.4. The summed E-state index contributed by atoms with van der Waals surface area (Å²) in [7, 11) is 4.16. The van der Waals surface area contributed by atoms with E-state index in [1.807, 2.05) is 35.8 Å². The number of nitrogen functional groups attached to an aromatic ring is 1. The Morgan fingerprint density at radius 1 is 0.889 bits per heavy atom. The van der Waals surface area contributed by atoms with E-state index in [-0.39, 0.29) is 11.9 Å². The van der Waals surface area contributed by atoms with Crippen molar-refractivity contribution in [1.82, 2.24) is 24.8 Å². The van der Waals surface area contributed by atoms with E-state index >= 15 is 0 Å². The molecule has 5 rings (SSSR count). The van der Waals surface area contributed by atoms with E-state index in [1.165, 1.54) is 0 Å². The van der Waals surface area contributed by atoms with E-state index in [0.717, 1.165) is 44.7 Å². The predicted octanol–water partition coefficient (Wildman–Crippen LogP) is 3.81.